The summed E-state index contributed by atoms with van der Waals surface area (Å²) in [5.74, 6) is 0.238. The number of carbonyl (C=O) groups excluding carboxylic acids is 1. The smallest absolute Gasteiger partial charge is 0.224 e. The Kier molecular flexibility index (Phi) is 4.33. The molecule has 0 radical (unpaired) electrons. The van der Waals surface area contributed by atoms with E-state index in [1.807, 2.05) is 23.1 Å². The monoisotopic (exact) mass is 274 g/mol. The summed E-state index contributed by atoms with van der Waals surface area (Å²) in [5.41, 5.74) is 1.15. The van der Waals surface area contributed by atoms with Gasteiger partial charge >= 0.3 is 0 Å². The minimum Gasteiger partial charge on any atom is -0.370 e. The zero-order valence-corrected chi connectivity index (χ0v) is 11.8. The lowest BCUT2D eigenvalue weighted by Crippen LogP contribution is -2.43. The highest BCUT2D eigenvalue weighted by Crippen LogP contribution is 2.22. The van der Waals surface area contributed by atoms with Crippen LogP contribution in [0.3, 0.4) is 0 Å². The van der Waals surface area contributed by atoms with Crippen LogP contribution in [0.1, 0.15) is 30.9 Å². The highest BCUT2D eigenvalue weighted by molar-refractivity contribution is 5.76. The molecule has 1 atom stereocenters. The maximum absolute atomic E-state index is 12.2. The lowest BCUT2D eigenvalue weighted by atomic mass is 10.1. The van der Waals surface area contributed by atoms with Crippen molar-refractivity contribution < 1.29 is 9.53 Å². The summed E-state index contributed by atoms with van der Waals surface area (Å²) in [6.45, 7) is 2.82. The molecule has 1 aliphatic heterocycles. The van der Waals surface area contributed by atoms with Crippen molar-refractivity contribution in [2.45, 2.75) is 31.4 Å². The summed E-state index contributed by atoms with van der Waals surface area (Å²) in [6.07, 6.45) is 3.15. The van der Waals surface area contributed by atoms with Crippen LogP contribution in [0.25, 0.3) is 0 Å². The molecule has 1 aliphatic carbocycles. The highest BCUT2D eigenvalue weighted by Gasteiger charge is 2.25. The van der Waals surface area contributed by atoms with Gasteiger partial charge in [0.25, 0.3) is 0 Å². The summed E-state index contributed by atoms with van der Waals surface area (Å²) >= 11 is 0. The fraction of sp³-hybridized carbons (Fsp3) is 0.562. The van der Waals surface area contributed by atoms with Gasteiger partial charge in [0.1, 0.15) is 6.10 Å². The van der Waals surface area contributed by atoms with E-state index >= 15 is 0 Å². The number of hydrogen-bond donors (Lipinski definition) is 1. The summed E-state index contributed by atoms with van der Waals surface area (Å²) in [6, 6.07) is 10.8. The van der Waals surface area contributed by atoms with Crippen LogP contribution < -0.4 is 5.32 Å². The van der Waals surface area contributed by atoms with Gasteiger partial charge in [0.2, 0.25) is 5.91 Å². The Hall–Kier alpha value is -1.39. The van der Waals surface area contributed by atoms with Crippen molar-refractivity contribution in [3.05, 3.63) is 35.9 Å². The van der Waals surface area contributed by atoms with Gasteiger partial charge in [-0.3, -0.25) is 4.79 Å². The first-order chi connectivity index (χ1) is 9.83. The third-order valence-electron chi connectivity index (χ3n) is 3.94. The molecule has 4 heteroatoms. The second-order valence-electron chi connectivity index (χ2n) is 5.59. The van der Waals surface area contributed by atoms with Crippen molar-refractivity contribution in [2.24, 2.45) is 0 Å². The van der Waals surface area contributed by atoms with Crippen LogP contribution in [0, 0.1) is 0 Å². The fourth-order valence-corrected chi connectivity index (χ4v) is 2.57. The van der Waals surface area contributed by atoms with E-state index in [1.54, 1.807) is 0 Å². The Morgan fingerprint density at radius 1 is 1.30 bits per heavy atom. The van der Waals surface area contributed by atoms with E-state index in [-0.39, 0.29) is 12.0 Å². The molecule has 1 N–H and O–H groups in total. The van der Waals surface area contributed by atoms with Gasteiger partial charge in [-0.25, -0.2) is 0 Å². The fourth-order valence-electron chi connectivity index (χ4n) is 2.57. The summed E-state index contributed by atoms with van der Waals surface area (Å²) < 4.78 is 5.79. The van der Waals surface area contributed by atoms with Crippen molar-refractivity contribution >= 4 is 5.91 Å². The van der Waals surface area contributed by atoms with Crippen LogP contribution in [0.2, 0.25) is 0 Å². The predicted molar refractivity (Wildman–Crippen MR) is 77.4 cm³/mol. The zero-order valence-electron chi connectivity index (χ0n) is 11.8. The molecular formula is C16H22N2O2. The van der Waals surface area contributed by atoms with Gasteiger partial charge in [0, 0.05) is 25.6 Å². The van der Waals surface area contributed by atoms with Crippen LogP contribution >= 0.6 is 0 Å². The third-order valence-corrected chi connectivity index (χ3v) is 3.94. The van der Waals surface area contributed by atoms with Crippen molar-refractivity contribution in [2.75, 3.05) is 26.2 Å². The molecule has 1 aromatic rings. The molecule has 4 nitrogen and oxygen atoms in total. The number of ether oxygens (including phenoxy) is 1. The molecule has 2 aliphatic rings. The average molecular weight is 274 g/mol. The first kappa shape index (κ1) is 13.6. The van der Waals surface area contributed by atoms with Gasteiger partial charge in [-0.05, 0) is 18.4 Å². The molecule has 1 unspecified atom stereocenters. The maximum Gasteiger partial charge on any atom is 0.224 e. The molecule has 3 rings (SSSR count). The number of nitrogens with one attached hydrogen (secondary N) is 1. The van der Waals surface area contributed by atoms with Crippen LogP contribution in [-0.4, -0.2) is 43.1 Å². The summed E-state index contributed by atoms with van der Waals surface area (Å²) in [5, 5.41) is 3.39. The van der Waals surface area contributed by atoms with Crippen LogP contribution in [0.4, 0.5) is 0 Å². The molecule has 0 aromatic heterocycles. The van der Waals surface area contributed by atoms with Gasteiger partial charge in [0.05, 0.1) is 13.2 Å². The van der Waals surface area contributed by atoms with Gasteiger partial charge in [0.15, 0.2) is 0 Å². The number of amides is 1. The van der Waals surface area contributed by atoms with E-state index in [2.05, 4.69) is 17.4 Å². The molecule has 1 saturated heterocycles. The van der Waals surface area contributed by atoms with Crippen LogP contribution in [0.15, 0.2) is 30.3 Å². The number of nitrogens with zero attached hydrogens (tertiary/aromatic N) is 1. The summed E-state index contributed by atoms with van der Waals surface area (Å²) in [4.78, 5) is 14.1. The second-order valence-corrected chi connectivity index (χ2v) is 5.59. The summed E-state index contributed by atoms with van der Waals surface area (Å²) in [7, 11) is 0. The quantitative estimate of drug-likeness (QED) is 0.889. The Balaban J connectivity index is 1.50. The van der Waals surface area contributed by atoms with E-state index < -0.39 is 0 Å². The second kappa shape index (κ2) is 6.37. The first-order valence-electron chi connectivity index (χ1n) is 7.50. The number of benzene rings is 1. The minimum absolute atomic E-state index is 0.0188. The molecular weight excluding hydrogens is 252 g/mol. The maximum atomic E-state index is 12.2. The Labute approximate surface area is 120 Å². The normalized spacial score (nSPS) is 22.8. The van der Waals surface area contributed by atoms with E-state index in [0.717, 1.165) is 12.1 Å². The number of morpholine rings is 1. The number of carbonyl (C=O) groups is 1. The van der Waals surface area contributed by atoms with Gasteiger partial charge in [-0.15, -0.1) is 0 Å². The lowest BCUT2D eigenvalue weighted by molar-refractivity contribution is -0.138. The molecule has 1 aromatic carbocycles. The standard InChI is InChI=1S/C16H22N2O2/c19-16(8-9-17-14-6-7-14)18-10-11-20-15(12-18)13-4-2-1-3-5-13/h1-5,14-15,17H,6-12H2. The lowest BCUT2D eigenvalue weighted by Gasteiger charge is -2.33. The van der Waals surface area contributed by atoms with Crippen molar-refractivity contribution in [1.29, 1.82) is 0 Å². The van der Waals surface area contributed by atoms with Crippen molar-refractivity contribution in [3.8, 4) is 0 Å². The third kappa shape index (κ3) is 3.58. The Bertz CT molecular complexity index is 445. The minimum atomic E-state index is 0.0188. The SMILES string of the molecule is O=C(CCNC1CC1)N1CCOC(c2ccccc2)C1. The highest BCUT2D eigenvalue weighted by atomic mass is 16.5. The van der Waals surface area contributed by atoms with E-state index in [1.165, 1.54) is 12.8 Å². The molecule has 1 heterocycles. The predicted octanol–water partition coefficient (Wildman–Crippen LogP) is 1.73. The first-order valence-corrected chi connectivity index (χ1v) is 7.50. The molecule has 0 bridgehead atoms. The van der Waals surface area contributed by atoms with Crippen LogP contribution in [-0.2, 0) is 9.53 Å². The molecule has 108 valence electrons. The molecule has 0 spiro atoms. The Morgan fingerprint density at radius 2 is 2.10 bits per heavy atom. The van der Waals surface area contributed by atoms with E-state index in [4.69, 9.17) is 4.74 Å². The van der Waals surface area contributed by atoms with E-state index in [9.17, 15) is 4.79 Å². The van der Waals surface area contributed by atoms with Crippen LogP contribution in [0.5, 0.6) is 0 Å². The van der Waals surface area contributed by atoms with E-state index in [0.29, 0.717) is 32.2 Å². The zero-order chi connectivity index (χ0) is 13.8. The molecule has 20 heavy (non-hydrogen) atoms. The topological polar surface area (TPSA) is 41.6 Å². The van der Waals surface area contributed by atoms with Crippen molar-refractivity contribution in [1.82, 2.24) is 10.2 Å². The van der Waals surface area contributed by atoms with Gasteiger partial charge in [-0.1, -0.05) is 30.3 Å². The average Bonchev–Trinajstić information content (AvgIpc) is 3.32. The van der Waals surface area contributed by atoms with Gasteiger partial charge in [-0.2, -0.15) is 0 Å². The molecule has 1 saturated carbocycles. The van der Waals surface area contributed by atoms with Crippen molar-refractivity contribution in [3.63, 3.8) is 0 Å². The molecule has 2 fully saturated rings. The number of hydrogen-bond acceptors (Lipinski definition) is 3. The number of rotatable bonds is 5. The Morgan fingerprint density at radius 3 is 2.85 bits per heavy atom. The largest absolute Gasteiger partial charge is 0.370 e. The molecule has 1 amide bonds. The van der Waals surface area contributed by atoms with Gasteiger partial charge < -0.3 is 15.0 Å².